The molecule has 0 radical (unpaired) electrons. The van der Waals surface area contributed by atoms with Gasteiger partial charge in [-0.3, -0.25) is 18.6 Å². The monoisotopic (exact) mass is 908 g/mol. The molecule has 0 aliphatic carbocycles. The molecule has 3 N–H and O–H groups in total. The fourth-order valence-electron chi connectivity index (χ4n) is 7.33. The first kappa shape index (κ1) is 61.0. The van der Waals surface area contributed by atoms with E-state index in [2.05, 4.69) is 62.5 Å². The Labute approximate surface area is 387 Å². The molecule has 0 aliphatic rings. The standard InChI is InChI=1S/C53H98NO8P/c1-3-5-7-9-11-13-15-17-19-21-23-24-25-26-28-29-31-33-35-37-39-41-43-45-52(55)59-49-51(50-61-63(57,58)60-48-47-54)62-53(56)46-44-42-40-38-36-34-32-30-27-22-20-18-16-14-12-10-8-6-4-2/h12,14,18,20,27,30,34,36,51H,3-11,13,15-17,19,21-26,28-29,31-33,35,37-50,54H2,1-2H3,(H,57,58)/b14-12+,20-18+,30-27+,36-34+/t51-/m1/s1. The number of phosphoric acid groups is 1. The van der Waals surface area contributed by atoms with Crippen molar-refractivity contribution in [3.63, 3.8) is 0 Å². The third-order valence-electron chi connectivity index (χ3n) is 11.2. The first-order chi connectivity index (χ1) is 30.8. The maximum Gasteiger partial charge on any atom is 0.472 e. The van der Waals surface area contributed by atoms with Gasteiger partial charge in [0.25, 0.3) is 0 Å². The summed E-state index contributed by atoms with van der Waals surface area (Å²) in [5, 5.41) is 0. The molecule has 0 aromatic carbocycles. The molecule has 0 aromatic rings. The number of nitrogens with two attached hydrogens (primary N) is 1. The Morgan fingerprint density at radius 3 is 1.25 bits per heavy atom. The van der Waals surface area contributed by atoms with Crippen LogP contribution in [0.25, 0.3) is 0 Å². The lowest BCUT2D eigenvalue weighted by Gasteiger charge is -2.19. The van der Waals surface area contributed by atoms with Gasteiger partial charge in [0.05, 0.1) is 13.2 Å². The second kappa shape index (κ2) is 49.4. The highest BCUT2D eigenvalue weighted by Crippen LogP contribution is 2.43. The van der Waals surface area contributed by atoms with Crippen LogP contribution in [0.4, 0.5) is 0 Å². The molecule has 0 amide bonds. The first-order valence-corrected chi connectivity index (χ1v) is 27.6. The normalized spacial score (nSPS) is 13.5. The highest BCUT2D eigenvalue weighted by molar-refractivity contribution is 7.47. The van der Waals surface area contributed by atoms with E-state index in [4.69, 9.17) is 24.3 Å². The SMILES string of the molecule is CCCCC/C=C/C/C=C/C/C=C/C/C=C/CCCCCC(=O)O[C@H](COC(=O)CCCCCCCCCCCCCCCCCCCCCCCCC)COP(=O)(O)OCCN. The van der Waals surface area contributed by atoms with E-state index in [1.165, 1.54) is 154 Å². The van der Waals surface area contributed by atoms with Gasteiger partial charge in [0.1, 0.15) is 6.61 Å². The minimum absolute atomic E-state index is 0.0476. The van der Waals surface area contributed by atoms with Crippen LogP contribution in [0, 0.1) is 0 Å². The molecule has 0 saturated heterocycles. The van der Waals surface area contributed by atoms with Crippen molar-refractivity contribution < 1.29 is 37.6 Å². The number of phosphoric ester groups is 1. The van der Waals surface area contributed by atoms with Crippen molar-refractivity contribution in [3.8, 4) is 0 Å². The Balaban J connectivity index is 4.06. The first-order valence-electron chi connectivity index (χ1n) is 26.1. The molecule has 10 heteroatoms. The van der Waals surface area contributed by atoms with Crippen LogP contribution in [-0.4, -0.2) is 49.3 Å². The van der Waals surface area contributed by atoms with Crippen molar-refractivity contribution >= 4 is 19.8 Å². The minimum Gasteiger partial charge on any atom is -0.462 e. The quantitative estimate of drug-likeness (QED) is 0.0265. The Morgan fingerprint density at radius 1 is 0.476 bits per heavy atom. The second-order valence-electron chi connectivity index (χ2n) is 17.4. The average molecular weight is 908 g/mol. The molecule has 0 aliphatic heterocycles. The average Bonchev–Trinajstić information content (AvgIpc) is 3.27. The van der Waals surface area contributed by atoms with Gasteiger partial charge in [0, 0.05) is 19.4 Å². The molecule has 1 unspecified atom stereocenters. The summed E-state index contributed by atoms with van der Waals surface area (Å²) in [6, 6.07) is 0. The Bertz CT molecular complexity index is 1170. The van der Waals surface area contributed by atoms with Crippen LogP contribution in [-0.2, 0) is 32.7 Å². The number of esters is 2. The van der Waals surface area contributed by atoms with Crippen LogP contribution in [0.15, 0.2) is 48.6 Å². The van der Waals surface area contributed by atoms with E-state index in [0.717, 1.165) is 57.8 Å². The van der Waals surface area contributed by atoms with E-state index in [1.807, 2.05) is 0 Å². The van der Waals surface area contributed by atoms with Gasteiger partial charge >= 0.3 is 19.8 Å². The lowest BCUT2D eigenvalue weighted by Crippen LogP contribution is -2.29. The third kappa shape index (κ3) is 49.2. The predicted octanol–water partition coefficient (Wildman–Crippen LogP) is 15.8. The van der Waals surface area contributed by atoms with Gasteiger partial charge in [0.2, 0.25) is 0 Å². The van der Waals surface area contributed by atoms with Crippen LogP contribution in [0.2, 0.25) is 0 Å². The number of hydrogen-bond donors (Lipinski definition) is 2. The highest BCUT2D eigenvalue weighted by Gasteiger charge is 2.26. The van der Waals surface area contributed by atoms with Gasteiger partial charge in [-0.2, -0.15) is 0 Å². The molecule has 0 spiro atoms. The molecule has 0 fully saturated rings. The summed E-state index contributed by atoms with van der Waals surface area (Å²) in [5.74, 6) is -0.856. The number of carbonyl (C=O) groups is 2. The molecule has 0 aromatic heterocycles. The third-order valence-corrected chi connectivity index (χ3v) is 12.2. The summed E-state index contributed by atoms with van der Waals surface area (Å²) in [5.41, 5.74) is 5.37. The highest BCUT2D eigenvalue weighted by atomic mass is 31.2. The molecular weight excluding hydrogens is 810 g/mol. The zero-order chi connectivity index (χ0) is 46.0. The fourth-order valence-corrected chi connectivity index (χ4v) is 8.09. The van der Waals surface area contributed by atoms with E-state index >= 15 is 0 Å². The van der Waals surface area contributed by atoms with E-state index in [1.54, 1.807) is 0 Å². The van der Waals surface area contributed by atoms with Crippen molar-refractivity contribution in [2.75, 3.05) is 26.4 Å². The van der Waals surface area contributed by atoms with Crippen LogP contribution >= 0.6 is 7.82 Å². The number of rotatable bonds is 49. The molecule has 0 heterocycles. The summed E-state index contributed by atoms with van der Waals surface area (Å²) in [6.45, 7) is 3.70. The summed E-state index contributed by atoms with van der Waals surface area (Å²) in [7, 11) is -4.39. The summed E-state index contributed by atoms with van der Waals surface area (Å²) in [4.78, 5) is 35.0. The van der Waals surface area contributed by atoms with Crippen molar-refractivity contribution in [3.05, 3.63) is 48.6 Å². The predicted molar refractivity (Wildman–Crippen MR) is 266 cm³/mol. The maximum atomic E-state index is 12.6. The van der Waals surface area contributed by atoms with Crippen molar-refractivity contribution in [2.24, 2.45) is 5.73 Å². The fraction of sp³-hybridized carbons (Fsp3) is 0.811. The topological polar surface area (TPSA) is 134 Å². The molecule has 63 heavy (non-hydrogen) atoms. The Morgan fingerprint density at radius 2 is 0.825 bits per heavy atom. The Hall–Kier alpha value is -2.03. The molecule has 2 atom stereocenters. The smallest absolute Gasteiger partial charge is 0.462 e. The minimum atomic E-state index is -4.39. The molecule has 368 valence electrons. The number of carbonyl (C=O) groups excluding carboxylic acids is 2. The van der Waals surface area contributed by atoms with Crippen molar-refractivity contribution in [1.82, 2.24) is 0 Å². The summed E-state index contributed by atoms with van der Waals surface area (Å²) >= 11 is 0. The van der Waals surface area contributed by atoms with Crippen LogP contribution < -0.4 is 5.73 Å². The van der Waals surface area contributed by atoms with E-state index in [9.17, 15) is 19.0 Å². The number of hydrogen-bond acceptors (Lipinski definition) is 8. The zero-order valence-electron chi connectivity index (χ0n) is 40.8. The van der Waals surface area contributed by atoms with E-state index < -0.39 is 26.5 Å². The van der Waals surface area contributed by atoms with Crippen LogP contribution in [0.3, 0.4) is 0 Å². The van der Waals surface area contributed by atoms with E-state index in [-0.39, 0.29) is 38.6 Å². The van der Waals surface area contributed by atoms with Gasteiger partial charge < -0.3 is 20.1 Å². The number of allylic oxidation sites excluding steroid dienone is 8. The largest absolute Gasteiger partial charge is 0.472 e. The van der Waals surface area contributed by atoms with Gasteiger partial charge in [-0.1, -0.05) is 223 Å². The molecule has 9 nitrogen and oxygen atoms in total. The lowest BCUT2D eigenvalue weighted by molar-refractivity contribution is -0.161. The van der Waals surface area contributed by atoms with Gasteiger partial charge in [-0.05, 0) is 57.8 Å². The Kier molecular flexibility index (Phi) is 47.8. The van der Waals surface area contributed by atoms with Crippen LogP contribution in [0.1, 0.15) is 245 Å². The zero-order valence-corrected chi connectivity index (χ0v) is 41.7. The number of ether oxygens (including phenoxy) is 2. The van der Waals surface area contributed by atoms with Gasteiger partial charge in [-0.15, -0.1) is 0 Å². The lowest BCUT2D eigenvalue weighted by atomic mass is 10.0. The molecule has 0 saturated carbocycles. The summed E-state index contributed by atoms with van der Waals surface area (Å²) < 4.78 is 32.9. The molecule has 0 rings (SSSR count). The van der Waals surface area contributed by atoms with Crippen molar-refractivity contribution in [1.29, 1.82) is 0 Å². The molecule has 0 bridgehead atoms. The van der Waals surface area contributed by atoms with Gasteiger partial charge in [0.15, 0.2) is 6.10 Å². The van der Waals surface area contributed by atoms with Gasteiger partial charge in [-0.25, -0.2) is 4.57 Å². The van der Waals surface area contributed by atoms with E-state index in [0.29, 0.717) is 6.42 Å². The van der Waals surface area contributed by atoms with Crippen molar-refractivity contribution in [2.45, 2.75) is 251 Å². The molecular formula is C53H98NO8P. The maximum absolute atomic E-state index is 12.6. The second-order valence-corrected chi connectivity index (χ2v) is 18.9. The summed E-state index contributed by atoms with van der Waals surface area (Å²) in [6.07, 6.45) is 58.7. The van der Waals surface area contributed by atoms with Crippen LogP contribution in [0.5, 0.6) is 0 Å². The number of unbranched alkanes of at least 4 members (excludes halogenated alkanes) is 28.